The average molecular weight is 214 g/mol. The molecule has 0 saturated heterocycles. The Hall–Kier alpha value is -1.57. The molecule has 2 nitrogen and oxygen atoms in total. The molecule has 0 N–H and O–H groups in total. The SMILES string of the molecule is CCN(CC)c1nc(C)cc2ccccc12. The van der Waals surface area contributed by atoms with Crippen molar-refractivity contribution in [2.45, 2.75) is 20.8 Å². The highest BCUT2D eigenvalue weighted by Gasteiger charge is 2.08. The third-order valence-electron chi connectivity index (χ3n) is 2.91. The van der Waals surface area contributed by atoms with E-state index in [9.17, 15) is 0 Å². The second kappa shape index (κ2) is 4.52. The number of pyridine rings is 1. The molecule has 1 heterocycles. The molecule has 0 saturated carbocycles. The van der Waals surface area contributed by atoms with Gasteiger partial charge in [0.25, 0.3) is 0 Å². The molecule has 0 amide bonds. The van der Waals surface area contributed by atoms with Gasteiger partial charge < -0.3 is 4.90 Å². The first kappa shape index (κ1) is 10.9. The molecule has 0 aliphatic carbocycles. The molecule has 0 fully saturated rings. The van der Waals surface area contributed by atoms with E-state index in [-0.39, 0.29) is 0 Å². The summed E-state index contributed by atoms with van der Waals surface area (Å²) < 4.78 is 0. The number of rotatable bonds is 3. The highest BCUT2D eigenvalue weighted by Crippen LogP contribution is 2.25. The summed E-state index contributed by atoms with van der Waals surface area (Å²) in [6, 6.07) is 10.6. The number of hydrogen-bond acceptors (Lipinski definition) is 2. The number of nitrogens with zero attached hydrogens (tertiary/aromatic N) is 2. The van der Waals surface area contributed by atoms with Gasteiger partial charge in [-0.15, -0.1) is 0 Å². The number of benzene rings is 1. The molecule has 1 aromatic heterocycles. The van der Waals surface area contributed by atoms with Gasteiger partial charge in [-0.2, -0.15) is 0 Å². The number of hydrogen-bond donors (Lipinski definition) is 0. The predicted octanol–water partition coefficient (Wildman–Crippen LogP) is 3.39. The third-order valence-corrected chi connectivity index (χ3v) is 2.91. The van der Waals surface area contributed by atoms with Crippen molar-refractivity contribution in [3.05, 3.63) is 36.0 Å². The van der Waals surface area contributed by atoms with Crippen molar-refractivity contribution in [2.75, 3.05) is 18.0 Å². The highest BCUT2D eigenvalue weighted by molar-refractivity contribution is 5.92. The summed E-state index contributed by atoms with van der Waals surface area (Å²) in [7, 11) is 0. The number of aryl methyl sites for hydroxylation is 1. The van der Waals surface area contributed by atoms with Gasteiger partial charge in [0, 0.05) is 24.2 Å². The molecule has 16 heavy (non-hydrogen) atoms. The van der Waals surface area contributed by atoms with Crippen LogP contribution >= 0.6 is 0 Å². The Morgan fingerprint density at radius 2 is 1.81 bits per heavy atom. The summed E-state index contributed by atoms with van der Waals surface area (Å²) in [5.74, 6) is 1.11. The van der Waals surface area contributed by atoms with E-state index in [4.69, 9.17) is 0 Å². The zero-order valence-corrected chi connectivity index (χ0v) is 10.2. The Labute approximate surface area is 96.9 Å². The molecule has 0 unspecified atom stereocenters. The Kier molecular flexibility index (Phi) is 3.09. The third kappa shape index (κ3) is 1.87. The predicted molar refractivity (Wildman–Crippen MR) is 70.0 cm³/mol. The molecule has 0 aliphatic heterocycles. The van der Waals surface area contributed by atoms with Crippen LogP contribution in [0.5, 0.6) is 0 Å². The average Bonchev–Trinajstić information content (AvgIpc) is 2.30. The van der Waals surface area contributed by atoms with Crippen molar-refractivity contribution in [1.29, 1.82) is 0 Å². The Morgan fingerprint density at radius 1 is 1.12 bits per heavy atom. The molecule has 0 atom stereocenters. The van der Waals surface area contributed by atoms with Crippen LogP contribution in [0.25, 0.3) is 10.8 Å². The maximum absolute atomic E-state index is 4.67. The van der Waals surface area contributed by atoms with E-state index < -0.39 is 0 Å². The summed E-state index contributed by atoms with van der Waals surface area (Å²) in [5, 5.41) is 2.52. The maximum atomic E-state index is 4.67. The van der Waals surface area contributed by atoms with Gasteiger partial charge in [0.2, 0.25) is 0 Å². The van der Waals surface area contributed by atoms with Gasteiger partial charge >= 0.3 is 0 Å². The van der Waals surface area contributed by atoms with Crippen LogP contribution < -0.4 is 4.90 Å². The van der Waals surface area contributed by atoms with E-state index in [1.807, 2.05) is 0 Å². The van der Waals surface area contributed by atoms with Gasteiger partial charge in [-0.25, -0.2) is 4.98 Å². The molecular weight excluding hydrogens is 196 g/mol. The van der Waals surface area contributed by atoms with E-state index in [0.29, 0.717) is 0 Å². The van der Waals surface area contributed by atoms with Crippen LogP contribution in [0, 0.1) is 6.92 Å². The number of anilines is 1. The first-order chi connectivity index (χ1) is 7.76. The summed E-state index contributed by atoms with van der Waals surface area (Å²) in [6.07, 6.45) is 0. The molecule has 2 aromatic rings. The molecular formula is C14H18N2. The molecule has 1 aromatic carbocycles. The zero-order valence-electron chi connectivity index (χ0n) is 10.2. The van der Waals surface area contributed by atoms with Crippen LogP contribution in [0.15, 0.2) is 30.3 Å². The lowest BCUT2D eigenvalue weighted by atomic mass is 10.1. The fourth-order valence-corrected chi connectivity index (χ4v) is 2.08. The molecule has 2 heteroatoms. The first-order valence-corrected chi connectivity index (χ1v) is 5.87. The van der Waals surface area contributed by atoms with Crippen molar-refractivity contribution in [3.63, 3.8) is 0 Å². The fraction of sp³-hybridized carbons (Fsp3) is 0.357. The Balaban J connectivity index is 2.66. The van der Waals surface area contributed by atoms with Crippen LogP contribution in [-0.4, -0.2) is 18.1 Å². The lowest BCUT2D eigenvalue weighted by molar-refractivity contribution is 0.848. The Morgan fingerprint density at radius 3 is 2.50 bits per heavy atom. The van der Waals surface area contributed by atoms with Crippen LogP contribution in [0.3, 0.4) is 0 Å². The first-order valence-electron chi connectivity index (χ1n) is 5.87. The topological polar surface area (TPSA) is 16.1 Å². The second-order valence-corrected chi connectivity index (χ2v) is 3.98. The van der Waals surface area contributed by atoms with E-state index in [2.05, 4.69) is 61.0 Å². The van der Waals surface area contributed by atoms with Gasteiger partial charge in [-0.1, -0.05) is 24.3 Å². The quantitative estimate of drug-likeness (QED) is 0.778. The van der Waals surface area contributed by atoms with E-state index >= 15 is 0 Å². The van der Waals surface area contributed by atoms with Gasteiger partial charge in [-0.05, 0) is 32.2 Å². The minimum atomic E-state index is 0.997. The van der Waals surface area contributed by atoms with Crippen molar-refractivity contribution < 1.29 is 0 Å². The van der Waals surface area contributed by atoms with Crippen molar-refractivity contribution >= 4 is 16.6 Å². The van der Waals surface area contributed by atoms with Gasteiger partial charge in [-0.3, -0.25) is 0 Å². The summed E-state index contributed by atoms with van der Waals surface area (Å²) in [4.78, 5) is 6.97. The Bertz CT molecular complexity index is 487. The summed E-state index contributed by atoms with van der Waals surface area (Å²) in [6.45, 7) is 8.39. The lowest BCUT2D eigenvalue weighted by Gasteiger charge is -2.22. The zero-order chi connectivity index (χ0) is 11.5. The summed E-state index contributed by atoms with van der Waals surface area (Å²) >= 11 is 0. The molecule has 2 rings (SSSR count). The largest absolute Gasteiger partial charge is 0.357 e. The van der Waals surface area contributed by atoms with E-state index in [1.165, 1.54) is 10.8 Å². The molecule has 0 aliphatic rings. The van der Waals surface area contributed by atoms with Gasteiger partial charge in [0.05, 0.1) is 0 Å². The molecule has 0 spiro atoms. The van der Waals surface area contributed by atoms with Crippen molar-refractivity contribution in [2.24, 2.45) is 0 Å². The minimum Gasteiger partial charge on any atom is -0.357 e. The standard InChI is InChI=1S/C14H18N2/c1-4-16(5-2)14-13-9-7-6-8-12(13)10-11(3)15-14/h6-10H,4-5H2,1-3H3. The summed E-state index contributed by atoms with van der Waals surface area (Å²) in [5.41, 5.74) is 1.08. The van der Waals surface area contributed by atoms with Gasteiger partial charge in [0.15, 0.2) is 0 Å². The molecule has 0 radical (unpaired) electrons. The lowest BCUT2D eigenvalue weighted by Crippen LogP contribution is -2.23. The van der Waals surface area contributed by atoms with Crippen LogP contribution in [0.4, 0.5) is 5.82 Å². The second-order valence-electron chi connectivity index (χ2n) is 3.98. The van der Waals surface area contributed by atoms with Crippen molar-refractivity contribution in [1.82, 2.24) is 4.98 Å². The van der Waals surface area contributed by atoms with E-state index in [0.717, 1.165) is 24.6 Å². The minimum absolute atomic E-state index is 0.997. The smallest absolute Gasteiger partial charge is 0.136 e. The van der Waals surface area contributed by atoms with Crippen LogP contribution in [0.2, 0.25) is 0 Å². The number of fused-ring (bicyclic) bond motifs is 1. The van der Waals surface area contributed by atoms with Crippen LogP contribution in [-0.2, 0) is 0 Å². The maximum Gasteiger partial charge on any atom is 0.136 e. The molecule has 0 bridgehead atoms. The fourth-order valence-electron chi connectivity index (χ4n) is 2.08. The van der Waals surface area contributed by atoms with E-state index in [1.54, 1.807) is 0 Å². The monoisotopic (exact) mass is 214 g/mol. The highest BCUT2D eigenvalue weighted by atomic mass is 15.2. The number of aromatic nitrogens is 1. The molecule has 84 valence electrons. The normalized spacial score (nSPS) is 10.7. The van der Waals surface area contributed by atoms with Gasteiger partial charge in [0.1, 0.15) is 5.82 Å². The van der Waals surface area contributed by atoms with Crippen LogP contribution in [0.1, 0.15) is 19.5 Å². The van der Waals surface area contributed by atoms with Crippen molar-refractivity contribution in [3.8, 4) is 0 Å².